The zero-order valence-corrected chi connectivity index (χ0v) is 23.8. The van der Waals surface area contributed by atoms with Gasteiger partial charge >= 0.3 is 0 Å². The molecule has 1 fully saturated rings. The molecule has 5 atom stereocenters. The molecule has 3 heterocycles. The minimum absolute atomic E-state index is 0.135. The average Bonchev–Trinajstić information content (AvgIpc) is 3.22. The molecule has 0 spiro atoms. The van der Waals surface area contributed by atoms with Crippen molar-refractivity contribution in [1.82, 2.24) is 10.4 Å². The molecule has 37 heavy (non-hydrogen) atoms. The molecule has 0 bridgehead atoms. The van der Waals surface area contributed by atoms with E-state index >= 15 is 0 Å². The number of aromatic nitrogens is 1. The van der Waals surface area contributed by atoms with Crippen molar-refractivity contribution in [1.29, 1.82) is 0 Å². The molecule has 198 valence electrons. The van der Waals surface area contributed by atoms with Crippen molar-refractivity contribution in [3.05, 3.63) is 71.0 Å². The van der Waals surface area contributed by atoms with Crippen molar-refractivity contribution >= 4 is 12.0 Å². The zero-order valence-electron chi connectivity index (χ0n) is 23.8. The lowest BCUT2D eigenvalue weighted by atomic mass is 9.78. The molecule has 1 saturated heterocycles. The Morgan fingerprint density at radius 3 is 2.54 bits per heavy atom. The second kappa shape index (κ2) is 9.36. The van der Waals surface area contributed by atoms with Gasteiger partial charge in [-0.25, -0.2) is 10.4 Å². The summed E-state index contributed by atoms with van der Waals surface area (Å²) in [5, 5.41) is 2.25. The normalized spacial score (nSPS) is 30.4. The number of hydrazine groups is 1. The smallest absolute Gasteiger partial charge is 0.154 e. The van der Waals surface area contributed by atoms with Crippen molar-refractivity contribution in [3.63, 3.8) is 0 Å². The predicted octanol–water partition coefficient (Wildman–Crippen LogP) is 6.69. The van der Waals surface area contributed by atoms with Crippen LogP contribution >= 0.6 is 0 Å². The Morgan fingerprint density at radius 1 is 1.14 bits per heavy atom. The van der Waals surface area contributed by atoms with Gasteiger partial charge in [-0.05, 0) is 61.6 Å². The summed E-state index contributed by atoms with van der Waals surface area (Å²) in [4.78, 5) is 10.5. The van der Waals surface area contributed by atoms with Crippen molar-refractivity contribution in [2.24, 2.45) is 22.1 Å². The topological polar surface area (TPSA) is 66.5 Å². The fourth-order valence-corrected chi connectivity index (χ4v) is 6.37. The van der Waals surface area contributed by atoms with E-state index in [-0.39, 0.29) is 22.5 Å². The third kappa shape index (κ3) is 5.00. The van der Waals surface area contributed by atoms with Crippen LogP contribution in [0, 0.1) is 11.3 Å². The number of nitrogens with one attached hydrogen (secondary N) is 1. The molecule has 0 radical (unpaired) electrons. The number of pyridine rings is 1. The number of aliphatic imine (C=N–C) groups is 1. The summed E-state index contributed by atoms with van der Waals surface area (Å²) in [6.07, 6.45) is 21.7. The first kappa shape index (κ1) is 26.1. The van der Waals surface area contributed by atoms with E-state index in [9.17, 15) is 0 Å². The van der Waals surface area contributed by atoms with E-state index in [1.807, 2.05) is 0 Å². The largest absolute Gasteiger partial charge is 0.322 e. The maximum atomic E-state index is 6.75. The van der Waals surface area contributed by atoms with Crippen molar-refractivity contribution < 1.29 is 0 Å². The van der Waals surface area contributed by atoms with Gasteiger partial charge in [-0.2, -0.15) is 0 Å². The number of nitrogens with zero attached hydrogens (tertiary/aromatic N) is 3. The van der Waals surface area contributed by atoms with Gasteiger partial charge in [0.15, 0.2) is 5.82 Å². The molecule has 2 aliphatic heterocycles. The van der Waals surface area contributed by atoms with Gasteiger partial charge in [0.1, 0.15) is 5.66 Å². The highest BCUT2D eigenvalue weighted by molar-refractivity contribution is 5.90. The Balaban J connectivity index is 1.53. The lowest BCUT2D eigenvalue weighted by Gasteiger charge is -2.37. The number of nitrogens with two attached hydrogens (primary N) is 1. The van der Waals surface area contributed by atoms with Crippen molar-refractivity contribution in [3.8, 4) is 0 Å². The first-order valence-corrected chi connectivity index (χ1v) is 14.0. The molecule has 1 aromatic rings. The SMILES string of the molecule is CC(C)CC(C)(N)C1=CCC(c2nc3c(cc2C2C=CC=CC2)C=NC2(C)CC(C(C)(C)C)NN32)C=C1. The Labute approximate surface area is 223 Å². The van der Waals surface area contributed by atoms with Gasteiger partial charge in [-0.3, -0.25) is 10.0 Å². The molecule has 3 N–H and O–H groups in total. The molecular weight excluding hydrogens is 454 g/mol. The van der Waals surface area contributed by atoms with Crippen molar-refractivity contribution in [2.45, 2.75) is 103 Å². The maximum Gasteiger partial charge on any atom is 0.154 e. The van der Waals surface area contributed by atoms with E-state index in [0.29, 0.717) is 17.9 Å². The summed E-state index contributed by atoms with van der Waals surface area (Å²) in [5.41, 5.74) is 14.9. The summed E-state index contributed by atoms with van der Waals surface area (Å²) in [5.74, 6) is 2.12. The van der Waals surface area contributed by atoms with E-state index in [0.717, 1.165) is 37.1 Å². The van der Waals surface area contributed by atoms with E-state index in [4.69, 9.17) is 15.7 Å². The summed E-state index contributed by atoms with van der Waals surface area (Å²) in [7, 11) is 0. The lowest BCUT2D eigenvalue weighted by molar-refractivity contribution is 0.287. The van der Waals surface area contributed by atoms with Crippen LogP contribution in [-0.4, -0.2) is 28.4 Å². The molecule has 5 heteroatoms. The predicted molar refractivity (Wildman–Crippen MR) is 156 cm³/mol. The highest BCUT2D eigenvalue weighted by Crippen LogP contribution is 2.44. The molecule has 0 saturated carbocycles. The molecule has 1 aromatic heterocycles. The Bertz CT molecular complexity index is 1190. The van der Waals surface area contributed by atoms with Gasteiger partial charge in [0.2, 0.25) is 0 Å². The molecular formula is C32H45N5. The van der Waals surface area contributed by atoms with Crippen LogP contribution in [0.25, 0.3) is 0 Å². The van der Waals surface area contributed by atoms with Crippen LogP contribution in [0.1, 0.15) is 103 Å². The minimum Gasteiger partial charge on any atom is -0.322 e. The van der Waals surface area contributed by atoms with Crippen LogP contribution in [0.3, 0.4) is 0 Å². The van der Waals surface area contributed by atoms with Gasteiger partial charge < -0.3 is 5.73 Å². The summed E-state index contributed by atoms with van der Waals surface area (Å²) >= 11 is 0. The van der Waals surface area contributed by atoms with Crippen LogP contribution in [0.4, 0.5) is 5.82 Å². The lowest BCUT2D eigenvalue weighted by Crippen LogP contribution is -2.50. The maximum absolute atomic E-state index is 6.75. The van der Waals surface area contributed by atoms with E-state index in [2.05, 4.69) is 114 Å². The highest BCUT2D eigenvalue weighted by atomic mass is 15.6. The first-order valence-electron chi connectivity index (χ1n) is 14.0. The summed E-state index contributed by atoms with van der Waals surface area (Å²) < 4.78 is 0. The Morgan fingerprint density at radius 2 is 1.92 bits per heavy atom. The van der Waals surface area contributed by atoms with Crippen LogP contribution in [0.2, 0.25) is 0 Å². The number of hydrogen-bond acceptors (Lipinski definition) is 5. The molecule has 5 unspecified atom stereocenters. The van der Waals surface area contributed by atoms with Crippen LogP contribution in [-0.2, 0) is 0 Å². The monoisotopic (exact) mass is 499 g/mol. The van der Waals surface area contributed by atoms with Crippen molar-refractivity contribution in [2.75, 3.05) is 5.01 Å². The summed E-state index contributed by atoms with van der Waals surface area (Å²) in [6, 6.07) is 2.68. The quantitative estimate of drug-likeness (QED) is 0.473. The van der Waals surface area contributed by atoms with E-state index in [1.165, 1.54) is 16.8 Å². The van der Waals surface area contributed by atoms with Crippen LogP contribution in [0.5, 0.6) is 0 Å². The Hall–Kier alpha value is -2.50. The fraction of sp³-hybridized carbons (Fsp3) is 0.562. The summed E-state index contributed by atoms with van der Waals surface area (Å²) in [6.45, 7) is 15.8. The number of hydrogen-bond donors (Lipinski definition) is 2. The molecule has 2 aliphatic carbocycles. The van der Waals surface area contributed by atoms with Gasteiger partial charge in [0.05, 0.1) is 5.69 Å². The molecule has 5 nitrogen and oxygen atoms in total. The third-order valence-electron chi connectivity index (χ3n) is 8.51. The minimum atomic E-state index is -0.322. The average molecular weight is 500 g/mol. The van der Waals surface area contributed by atoms with Gasteiger partial charge in [0, 0.05) is 41.6 Å². The highest BCUT2D eigenvalue weighted by Gasteiger charge is 2.48. The number of anilines is 1. The number of allylic oxidation sites excluding steroid dienone is 6. The van der Waals surface area contributed by atoms with Gasteiger partial charge in [-0.1, -0.05) is 77.2 Å². The zero-order chi connectivity index (χ0) is 26.6. The Kier molecular flexibility index (Phi) is 6.60. The fourth-order valence-electron chi connectivity index (χ4n) is 6.37. The molecule has 5 rings (SSSR count). The molecule has 0 amide bonds. The van der Waals surface area contributed by atoms with E-state index < -0.39 is 0 Å². The first-order chi connectivity index (χ1) is 17.4. The van der Waals surface area contributed by atoms with E-state index in [1.54, 1.807) is 0 Å². The third-order valence-corrected chi connectivity index (χ3v) is 8.51. The standard InChI is InChI=1S/C32H45N5/c1-21(2)18-31(6,33)25-15-13-23(14-16-25)28-26(22-11-9-8-10-12-22)17-24-20-34-32(7)19-27(30(3,4)5)36-37(32)29(24)35-28/h8-11,13,15-17,20-23,27,36H,12,14,18-19,33H2,1-7H3. The second-order valence-corrected chi connectivity index (χ2v) is 13.5. The van der Waals surface area contributed by atoms with Gasteiger partial charge in [0.25, 0.3) is 0 Å². The van der Waals surface area contributed by atoms with Crippen LogP contribution < -0.4 is 16.2 Å². The number of rotatable bonds is 5. The van der Waals surface area contributed by atoms with Crippen LogP contribution in [0.15, 0.2) is 59.2 Å². The molecule has 4 aliphatic rings. The number of fused-ring (bicyclic) bond motifs is 3. The van der Waals surface area contributed by atoms with Gasteiger partial charge in [-0.15, -0.1) is 0 Å². The molecule has 0 aromatic carbocycles. The second-order valence-electron chi connectivity index (χ2n) is 13.5.